The highest BCUT2D eigenvalue weighted by Crippen LogP contribution is 2.08. The molecule has 8 nitrogen and oxygen atoms in total. The molecule has 0 aliphatic rings. The van der Waals surface area contributed by atoms with Crippen molar-refractivity contribution in [3.63, 3.8) is 0 Å². The number of hydrogen-bond acceptors (Lipinski definition) is 5. The molecule has 0 saturated heterocycles. The second kappa shape index (κ2) is 5.21. The SMILES string of the molecule is CC(CO)NC(=O)c1cc([N+](=O)[O-])c[nH]c1=O. The van der Waals surface area contributed by atoms with Crippen LogP contribution in [0.2, 0.25) is 0 Å². The van der Waals surface area contributed by atoms with Crippen molar-refractivity contribution in [1.29, 1.82) is 0 Å². The third kappa shape index (κ3) is 3.11. The van der Waals surface area contributed by atoms with E-state index >= 15 is 0 Å². The lowest BCUT2D eigenvalue weighted by Gasteiger charge is -2.09. The van der Waals surface area contributed by atoms with E-state index in [9.17, 15) is 19.7 Å². The number of hydrogen-bond donors (Lipinski definition) is 3. The number of H-pyrrole nitrogens is 1. The van der Waals surface area contributed by atoms with Crippen molar-refractivity contribution >= 4 is 11.6 Å². The van der Waals surface area contributed by atoms with Crippen LogP contribution in [0.15, 0.2) is 17.1 Å². The summed E-state index contributed by atoms with van der Waals surface area (Å²) in [6.07, 6.45) is 0.911. The van der Waals surface area contributed by atoms with Crippen molar-refractivity contribution in [3.05, 3.63) is 38.3 Å². The Morgan fingerprint density at radius 1 is 1.71 bits per heavy atom. The topological polar surface area (TPSA) is 125 Å². The van der Waals surface area contributed by atoms with Crippen molar-refractivity contribution in [2.75, 3.05) is 6.61 Å². The molecule has 17 heavy (non-hydrogen) atoms. The summed E-state index contributed by atoms with van der Waals surface area (Å²) in [6, 6.07) is 0.347. The highest BCUT2D eigenvalue weighted by Gasteiger charge is 2.17. The number of nitrogens with one attached hydrogen (secondary N) is 2. The number of rotatable bonds is 4. The van der Waals surface area contributed by atoms with Crippen molar-refractivity contribution in [2.45, 2.75) is 13.0 Å². The largest absolute Gasteiger partial charge is 0.394 e. The third-order valence-corrected chi connectivity index (χ3v) is 1.99. The first-order valence-corrected chi connectivity index (χ1v) is 4.74. The van der Waals surface area contributed by atoms with Gasteiger partial charge in [-0.25, -0.2) is 0 Å². The van der Waals surface area contributed by atoms with E-state index in [1.165, 1.54) is 6.92 Å². The molecule has 0 aromatic carbocycles. The Balaban J connectivity index is 3.04. The molecule has 0 bridgehead atoms. The van der Waals surface area contributed by atoms with Gasteiger partial charge in [0.25, 0.3) is 17.2 Å². The van der Waals surface area contributed by atoms with Crippen molar-refractivity contribution in [2.24, 2.45) is 0 Å². The smallest absolute Gasteiger partial charge is 0.286 e. The first kappa shape index (κ1) is 12.8. The molecule has 1 aromatic rings. The van der Waals surface area contributed by atoms with Crippen LogP contribution in [0.4, 0.5) is 5.69 Å². The molecule has 0 radical (unpaired) electrons. The Morgan fingerprint density at radius 3 is 2.88 bits per heavy atom. The molecule has 0 aliphatic heterocycles. The predicted octanol–water partition coefficient (Wildman–Crippen LogP) is -0.606. The van der Waals surface area contributed by atoms with E-state index in [0.29, 0.717) is 0 Å². The van der Waals surface area contributed by atoms with E-state index in [0.717, 1.165) is 12.3 Å². The van der Waals surface area contributed by atoms with Crippen LogP contribution in [0.25, 0.3) is 0 Å². The van der Waals surface area contributed by atoms with E-state index in [1.807, 2.05) is 0 Å². The molecule has 1 amide bonds. The van der Waals surface area contributed by atoms with Gasteiger partial charge in [-0.1, -0.05) is 0 Å². The van der Waals surface area contributed by atoms with Crippen molar-refractivity contribution < 1.29 is 14.8 Å². The summed E-state index contributed by atoms with van der Waals surface area (Å²) in [5.41, 5.74) is -1.47. The molecule has 1 heterocycles. The van der Waals surface area contributed by atoms with E-state index < -0.39 is 22.4 Å². The fourth-order valence-electron chi connectivity index (χ4n) is 1.09. The summed E-state index contributed by atoms with van der Waals surface area (Å²) in [4.78, 5) is 34.7. The second-order valence-corrected chi connectivity index (χ2v) is 3.41. The maximum absolute atomic E-state index is 11.5. The van der Waals surface area contributed by atoms with Gasteiger partial charge in [0.15, 0.2) is 0 Å². The number of aliphatic hydroxyl groups excluding tert-OH is 1. The standard InChI is InChI=1S/C9H11N3O5/c1-5(4-13)11-9(15)7-2-6(12(16)17)3-10-8(7)14/h2-3,5,13H,4H2,1H3,(H,10,14)(H,11,15). The minimum Gasteiger partial charge on any atom is -0.394 e. The van der Waals surface area contributed by atoms with Gasteiger partial charge in [0.2, 0.25) is 0 Å². The molecule has 0 saturated carbocycles. The van der Waals surface area contributed by atoms with Gasteiger partial charge in [0, 0.05) is 12.1 Å². The quantitative estimate of drug-likeness (QED) is 0.479. The molecular formula is C9H11N3O5. The molecule has 0 fully saturated rings. The Labute approximate surface area is 95.4 Å². The highest BCUT2D eigenvalue weighted by atomic mass is 16.6. The van der Waals surface area contributed by atoms with Crippen molar-refractivity contribution in [3.8, 4) is 0 Å². The number of amides is 1. The van der Waals surface area contributed by atoms with Gasteiger partial charge in [-0.15, -0.1) is 0 Å². The molecule has 92 valence electrons. The molecular weight excluding hydrogens is 230 g/mol. The fraction of sp³-hybridized carbons (Fsp3) is 0.333. The molecule has 1 unspecified atom stereocenters. The summed E-state index contributed by atoms with van der Waals surface area (Å²) in [5, 5.41) is 21.5. The number of aromatic amines is 1. The van der Waals surface area contributed by atoms with Gasteiger partial charge in [0.05, 0.1) is 17.7 Å². The van der Waals surface area contributed by atoms with Crippen LogP contribution in [-0.4, -0.2) is 33.6 Å². The predicted molar refractivity (Wildman–Crippen MR) is 57.7 cm³/mol. The van der Waals surface area contributed by atoms with Gasteiger partial charge in [-0.2, -0.15) is 0 Å². The Bertz CT molecular complexity index is 496. The van der Waals surface area contributed by atoms with Crippen molar-refractivity contribution in [1.82, 2.24) is 10.3 Å². The number of nitrogens with zero attached hydrogens (tertiary/aromatic N) is 1. The Hall–Kier alpha value is -2.22. The van der Waals surface area contributed by atoms with Crippen LogP contribution >= 0.6 is 0 Å². The third-order valence-electron chi connectivity index (χ3n) is 1.99. The van der Waals surface area contributed by atoms with Gasteiger partial charge in [-0.05, 0) is 6.92 Å². The first-order valence-electron chi connectivity index (χ1n) is 4.74. The van der Waals surface area contributed by atoms with Gasteiger partial charge >= 0.3 is 0 Å². The van der Waals surface area contributed by atoms with Gasteiger partial charge < -0.3 is 15.4 Å². The number of carbonyl (C=O) groups is 1. The summed E-state index contributed by atoms with van der Waals surface area (Å²) >= 11 is 0. The number of nitro groups is 1. The molecule has 0 spiro atoms. The first-order chi connectivity index (χ1) is 7.95. The lowest BCUT2D eigenvalue weighted by molar-refractivity contribution is -0.385. The van der Waals surface area contributed by atoms with E-state index in [2.05, 4.69) is 10.3 Å². The maximum atomic E-state index is 11.5. The molecule has 3 N–H and O–H groups in total. The monoisotopic (exact) mass is 241 g/mol. The van der Waals surface area contributed by atoms with Crippen LogP contribution in [0, 0.1) is 10.1 Å². The average Bonchev–Trinajstić information content (AvgIpc) is 2.28. The number of aliphatic hydroxyl groups is 1. The van der Waals surface area contributed by atoms with Crippen LogP contribution in [-0.2, 0) is 0 Å². The number of carbonyl (C=O) groups excluding carboxylic acids is 1. The molecule has 1 atom stereocenters. The average molecular weight is 241 g/mol. The molecule has 1 rings (SSSR count). The number of aromatic nitrogens is 1. The molecule has 1 aromatic heterocycles. The van der Waals surface area contributed by atoms with Crippen LogP contribution in [0.5, 0.6) is 0 Å². The lowest BCUT2D eigenvalue weighted by atomic mass is 10.2. The van der Waals surface area contributed by atoms with Crippen LogP contribution in [0.3, 0.4) is 0 Å². The summed E-state index contributed by atoms with van der Waals surface area (Å²) in [7, 11) is 0. The van der Waals surface area contributed by atoms with E-state index in [4.69, 9.17) is 5.11 Å². The van der Waals surface area contributed by atoms with E-state index in [-0.39, 0.29) is 17.9 Å². The van der Waals surface area contributed by atoms with Gasteiger partial charge in [-0.3, -0.25) is 19.7 Å². The Kier molecular flexibility index (Phi) is 3.94. The zero-order valence-corrected chi connectivity index (χ0v) is 8.97. The minimum atomic E-state index is -0.767. The minimum absolute atomic E-state index is 0.293. The second-order valence-electron chi connectivity index (χ2n) is 3.41. The molecule has 8 heteroatoms. The summed E-state index contributed by atoms with van der Waals surface area (Å²) in [5.74, 6) is -0.767. The zero-order chi connectivity index (χ0) is 13.0. The highest BCUT2D eigenvalue weighted by molar-refractivity contribution is 5.94. The summed E-state index contributed by atoms with van der Waals surface area (Å²) < 4.78 is 0. The van der Waals surface area contributed by atoms with Gasteiger partial charge in [0.1, 0.15) is 5.56 Å². The zero-order valence-electron chi connectivity index (χ0n) is 8.97. The van der Waals surface area contributed by atoms with Crippen LogP contribution < -0.4 is 10.9 Å². The summed E-state index contributed by atoms with van der Waals surface area (Å²) in [6.45, 7) is 1.24. The molecule has 0 aliphatic carbocycles. The fourth-order valence-corrected chi connectivity index (χ4v) is 1.09. The number of pyridine rings is 1. The van der Waals surface area contributed by atoms with Crippen LogP contribution in [0.1, 0.15) is 17.3 Å². The van der Waals surface area contributed by atoms with E-state index in [1.54, 1.807) is 0 Å². The Morgan fingerprint density at radius 2 is 2.35 bits per heavy atom. The normalized spacial score (nSPS) is 11.9. The lowest BCUT2D eigenvalue weighted by Crippen LogP contribution is -2.37. The maximum Gasteiger partial charge on any atom is 0.286 e.